The third-order valence-corrected chi connectivity index (χ3v) is 1.68. The maximum atomic E-state index is 5.22. The monoisotopic (exact) mass is 159 g/mol. The molecule has 2 rings (SSSR count). The minimum absolute atomic E-state index is 0. The Morgan fingerprint density at radius 3 is 3.20 bits per heavy atom. The first-order valence-electron chi connectivity index (χ1n) is 3.23. The highest BCUT2D eigenvalue weighted by molar-refractivity contribution is 5.85. The fourth-order valence-corrected chi connectivity index (χ4v) is 1.17. The van der Waals surface area contributed by atoms with E-state index in [-0.39, 0.29) is 12.4 Å². The van der Waals surface area contributed by atoms with Crippen molar-refractivity contribution in [2.24, 2.45) is 0 Å². The summed E-state index contributed by atoms with van der Waals surface area (Å²) >= 11 is 0. The van der Waals surface area contributed by atoms with E-state index in [9.17, 15) is 0 Å². The first-order chi connectivity index (χ1) is 4.47. The maximum Gasteiger partial charge on any atom is 0.109 e. The lowest BCUT2D eigenvalue weighted by molar-refractivity contribution is 0.474. The second-order valence-corrected chi connectivity index (χ2v) is 2.30. The van der Waals surface area contributed by atoms with Gasteiger partial charge in [-0.25, -0.2) is 0 Å². The van der Waals surface area contributed by atoms with E-state index in [1.165, 1.54) is 5.56 Å². The zero-order valence-electron chi connectivity index (χ0n) is 5.59. The van der Waals surface area contributed by atoms with Crippen molar-refractivity contribution in [3.05, 3.63) is 23.7 Å². The van der Waals surface area contributed by atoms with Gasteiger partial charge >= 0.3 is 0 Å². The molecule has 1 N–H and O–H groups in total. The molecule has 1 aromatic rings. The highest BCUT2D eigenvalue weighted by Gasteiger charge is 2.09. The van der Waals surface area contributed by atoms with Crippen molar-refractivity contribution in [1.29, 1.82) is 0 Å². The van der Waals surface area contributed by atoms with Crippen molar-refractivity contribution in [1.82, 2.24) is 5.32 Å². The molecule has 0 saturated heterocycles. The van der Waals surface area contributed by atoms with Gasteiger partial charge in [0.05, 0.1) is 6.26 Å². The Balaban J connectivity index is 0.000000500. The number of hydrogen-bond donors (Lipinski definition) is 1. The van der Waals surface area contributed by atoms with Crippen LogP contribution in [0.15, 0.2) is 16.7 Å². The van der Waals surface area contributed by atoms with E-state index in [2.05, 4.69) is 5.32 Å². The number of rotatable bonds is 0. The molecule has 3 heteroatoms. The molecule has 1 aliphatic heterocycles. The Bertz CT molecular complexity index is 189. The van der Waals surface area contributed by atoms with Gasteiger partial charge in [0.15, 0.2) is 0 Å². The fourth-order valence-electron chi connectivity index (χ4n) is 1.17. The van der Waals surface area contributed by atoms with Gasteiger partial charge in [-0.3, -0.25) is 0 Å². The Labute approximate surface area is 66.0 Å². The van der Waals surface area contributed by atoms with E-state index >= 15 is 0 Å². The number of halogens is 1. The van der Waals surface area contributed by atoms with E-state index in [4.69, 9.17) is 4.42 Å². The molecule has 0 bridgehead atoms. The summed E-state index contributed by atoms with van der Waals surface area (Å²) in [6.45, 7) is 2.03. The number of nitrogens with one attached hydrogen (secondary N) is 1. The minimum Gasteiger partial charge on any atom is -0.469 e. The second-order valence-electron chi connectivity index (χ2n) is 2.30. The van der Waals surface area contributed by atoms with E-state index < -0.39 is 0 Å². The van der Waals surface area contributed by atoms with Gasteiger partial charge in [0.25, 0.3) is 0 Å². The lowest BCUT2D eigenvalue weighted by Gasteiger charge is -2.09. The van der Waals surface area contributed by atoms with Gasteiger partial charge in [-0.2, -0.15) is 0 Å². The average molecular weight is 160 g/mol. The van der Waals surface area contributed by atoms with Crippen LogP contribution in [0.25, 0.3) is 0 Å². The average Bonchev–Trinajstić information content (AvgIpc) is 2.33. The third kappa shape index (κ3) is 1.18. The Morgan fingerprint density at radius 2 is 2.40 bits per heavy atom. The van der Waals surface area contributed by atoms with Crippen molar-refractivity contribution < 1.29 is 4.42 Å². The molecule has 0 amide bonds. The van der Waals surface area contributed by atoms with Crippen LogP contribution >= 0.6 is 12.4 Å². The molecule has 1 aromatic heterocycles. The predicted molar refractivity (Wildman–Crippen MR) is 41.4 cm³/mol. The molecule has 0 unspecified atom stereocenters. The molecule has 0 atom stereocenters. The standard InChI is InChI=1S/C7H9NO.ClH/c1-3-8-5-6-2-4-9-7(1)6;/h2,4,8H,1,3,5H2;1H. The first-order valence-corrected chi connectivity index (χ1v) is 3.23. The van der Waals surface area contributed by atoms with E-state index in [0.717, 1.165) is 25.3 Å². The Hall–Kier alpha value is -0.470. The van der Waals surface area contributed by atoms with Crippen LogP contribution in [0.1, 0.15) is 11.3 Å². The summed E-state index contributed by atoms with van der Waals surface area (Å²) in [6.07, 6.45) is 2.81. The molecule has 2 heterocycles. The molecule has 1 aliphatic rings. The minimum atomic E-state index is 0. The largest absolute Gasteiger partial charge is 0.469 e. The Kier molecular flexibility index (Phi) is 2.35. The number of hydrogen-bond acceptors (Lipinski definition) is 2. The molecular weight excluding hydrogens is 150 g/mol. The molecule has 2 nitrogen and oxygen atoms in total. The van der Waals surface area contributed by atoms with Crippen LogP contribution in [-0.2, 0) is 13.0 Å². The number of furan rings is 1. The highest BCUT2D eigenvalue weighted by atomic mass is 35.5. The smallest absolute Gasteiger partial charge is 0.109 e. The van der Waals surface area contributed by atoms with Crippen LogP contribution in [-0.4, -0.2) is 6.54 Å². The second kappa shape index (κ2) is 3.08. The third-order valence-electron chi connectivity index (χ3n) is 1.68. The summed E-state index contributed by atoms with van der Waals surface area (Å²) in [7, 11) is 0. The quantitative estimate of drug-likeness (QED) is 0.618. The van der Waals surface area contributed by atoms with Crippen LogP contribution in [0.2, 0.25) is 0 Å². The highest BCUT2D eigenvalue weighted by Crippen LogP contribution is 2.13. The summed E-state index contributed by atoms with van der Waals surface area (Å²) < 4.78 is 5.22. The lowest BCUT2D eigenvalue weighted by atomic mass is 10.1. The van der Waals surface area contributed by atoms with Gasteiger partial charge in [0.2, 0.25) is 0 Å². The Morgan fingerprint density at radius 1 is 1.50 bits per heavy atom. The lowest BCUT2D eigenvalue weighted by Crippen LogP contribution is -2.22. The summed E-state index contributed by atoms with van der Waals surface area (Å²) in [5.74, 6) is 1.16. The van der Waals surface area contributed by atoms with Gasteiger partial charge in [-0.05, 0) is 6.07 Å². The SMILES string of the molecule is Cl.c1cc2c(o1)CCNC2. The van der Waals surface area contributed by atoms with Gasteiger partial charge in [-0.1, -0.05) is 0 Å². The summed E-state index contributed by atoms with van der Waals surface area (Å²) in [5.41, 5.74) is 1.32. The molecule has 0 fully saturated rings. The maximum absolute atomic E-state index is 5.22. The van der Waals surface area contributed by atoms with Crippen molar-refractivity contribution in [3.63, 3.8) is 0 Å². The molecule has 0 spiro atoms. The molecule has 0 radical (unpaired) electrons. The predicted octanol–water partition coefficient (Wildman–Crippen LogP) is 1.35. The fraction of sp³-hybridized carbons (Fsp3) is 0.429. The normalized spacial score (nSPS) is 15.6. The van der Waals surface area contributed by atoms with Gasteiger partial charge in [0.1, 0.15) is 5.76 Å². The van der Waals surface area contributed by atoms with E-state index in [0.29, 0.717) is 0 Å². The van der Waals surface area contributed by atoms with E-state index in [1.54, 1.807) is 6.26 Å². The van der Waals surface area contributed by atoms with Crippen LogP contribution in [0.5, 0.6) is 0 Å². The first kappa shape index (κ1) is 7.63. The molecule has 0 aliphatic carbocycles. The summed E-state index contributed by atoms with van der Waals surface area (Å²) in [4.78, 5) is 0. The van der Waals surface area contributed by atoms with Gasteiger partial charge in [-0.15, -0.1) is 12.4 Å². The van der Waals surface area contributed by atoms with Crippen molar-refractivity contribution in [3.8, 4) is 0 Å². The van der Waals surface area contributed by atoms with Crippen LogP contribution in [0, 0.1) is 0 Å². The molecule has 10 heavy (non-hydrogen) atoms. The van der Waals surface area contributed by atoms with E-state index in [1.807, 2.05) is 6.07 Å². The van der Waals surface area contributed by atoms with Crippen LogP contribution in [0.4, 0.5) is 0 Å². The van der Waals surface area contributed by atoms with Gasteiger partial charge in [0, 0.05) is 25.1 Å². The van der Waals surface area contributed by atoms with Gasteiger partial charge < -0.3 is 9.73 Å². The zero-order chi connectivity index (χ0) is 6.10. The van der Waals surface area contributed by atoms with Crippen molar-refractivity contribution in [2.45, 2.75) is 13.0 Å². The van der Waals surface area contributed by atoms with Crippen LogP contribution in [0.3, 0.4) is 0 Å². The zero-order valence-corrected chi connectivity index (χ0v) is 6.41. The number of fused-ring (bicyclic) bond motifs is 1. The molecule has 0 aromatic carbocycles. The molecule has 0 saturated carbocycles. The van der Waals surface area contributed by atoms with Crippen molar-refractivity contribution in [2.75, 3.05) is 6.54 Å². The van der Waals surface area contributed by atoms with Crippen molar-refractivity contribution >= 4 is 12.4 Å². The topological polar surface area (TPSA) is 25.2 Å². The summed E-state index contributed by atoms with van der Waals surface area (Å²) in [6, 6.07) is 2.03. The summed E-state index contributed by atoms with van der Waals surface area (Å²) in [5, 5.41) is 3.27. The molecule has 56 valence electrons. The molecular formula is C7H10ClNO. The van der Waals surface area contributed by atoms with Crippen LogP contribution < -0.4 is 5.32 Å².